The quantitative estimate of drug-likeness (QED) is 0.592. The normalized spacial score (nSPS) is 15.3. The van der Waals surface area contributed by atoms with E-state index in [1.54, 1.807) is 19.1 Å². The number of nitro groups is 1. The molecule has 0 radical (unpaired) electrons. The largest absolute Gasteiger partial charge is 0.339 e. The lowest BCUT2D eigenvalue weighted by Crippen LogP contribution is -2.39. The number of carbonyl (C=O) groups is 1. The average molecular weight is 370 g/mol. The third kappa shape index (κ3) is 4.18. The van der Waals surface area contributed by atoms with E-state index >= 15 is 0 Å². The molecule has 0 N–H and O–H groups in total. The molecule has 7 heteroatoms. The van der Waals surface area contributed by atoms with Gasteiger partial charge in [-0.15, -0.1) is 0 Å². The van der Waals surface area contributed by atoms with Crippen molar-refractivity contribution < 1.29 is 9.72 Å². The molecule has 2 aromatic rings. The van der Waals surface area contributed by atoms with E-state index in [1.165, 1.54) is 6.07 Å². The highest BCUT2D eigenvalue weighted by molar-refractivity contribution is 5.95. The Hall–Kier alpha value is -2.70. The number of benzene rings is 1. The van der Waals surface area contributed by atoms with Crippen LogP contribution in [-0.2, 0) is 6.54 Å². The molecule has 0 spiro atoms. The number of aromatic nitrogens is 2. The predicted octanol–water partition coefficient (Wildman–Crippen LogP) is 3.78. The third-order valence-corrected chi connectivity index (χ3v) is 5.27. The van der Waals surface area contributed by atoms with Crippen LogP contribution in [0.4, 0.5) is 5.69 Å². The van der Waals surface area contributed by atoms with Gasteiger partial charge in [0.2, 0.25) is 0 Å². The zero-order valence-electron chi connectivity index (χ0n) is 16.1. The second-order valence-electron chi connectivity index (χ2n) is 7.59. The van der Waals surface area contributed by atoms with Crippen LogP contribution in [0.1, 0.15) is 54.4 Å². The number of piperidine rings is 1. The highest BCUT2D eigenvalue weighted by Crippen LogP contribution is 2.25. The molecular weight excluding hydrogens is 344 g/mol. The van der Waals surface area contributed by atoms with Crippen molar-refractivity contribution in [3.63, 3.8) is 0 Å². The number of hydrogen-bond acceptors (Lipinski definition) is 4. The molecule has 0 unspecified atom stereocenters. The molecule has 1 aliphatic rings. The molecule has 1 fully saturated rings. The van der Waals surface area contributed by atoms with E-state index in [2.05, 4.69) is 23.4 Å². The topological polar surface area (TPSA) is 81.3 Å². The molecule has 3 rings (SSSR count). The fourth-order valence-corrected chi connectivity index (χ4v) is 3.69. The summed E-state index contributed by atoms with van der Waals surface area (Å²) in [7, 11) is 0. The maximum absolute atomic E-state index is 12.7. The number of rotatable bonds is 5. The first-order chi connectivity index (χ1) is 12.9. The van der Waals surface area contributed by atoms with Crippen LogP contribution in [0.5, 0.6) is 0 Å². The second-order valence-corrected chi connectivity index (χ2v) is 7.59. The van der Waals surface area contributed by atoms with Gasteiger partial charge in [-0.25, -0.2) is 4.98 Å². The van der Waals surface area contributed by atoms with Gasteiger partial charge in [0.1, 0.15) is 5.82 Å². The van der Waals surface area contributed by atoms with Crippen LogP contribution in [0.3, 0.4) is 0 Å². The molecule has 0 atom stereocenters. The Bertz CT molecular complexity index is 836. The summed E-state index contributed by atoms with van der Waals surface area (Å²) in [5.41, 5.74) is 0.955. The molecule has 1 aromatic heterocycles. The van der Waals surface area contributed by atoms with Crippen LogP contribution in [0.25, 0.3) is 0 Å². The van der Waals surface area contributed by atoms with Crippen LogP contribution in [0, 0.1) is 23.0 Å². The van der Waals surface area contributed by atoms with Crippen LogP contribution in [0.15, 0.2) is 30.6 Å². The molecule has 1 saturated heterocycles. The fraction of sp³-hybridized carbons (Fsp3) is 0.500. The van der Waals surface area contributed by atoms with Crippen molar-refractivity contribution in [2.24, 2.45) is 5.92 Å². The van der Waals surface area contributed by atoms with E-state index in [0.717, 1.165) is 25.2 Å². The van der Waals surface area contributed by atoms with Crippen molar-refractivity contribution >= 4 is 11.6 Å². The minimum atomic E-state index is -0.435. The van der Waals surface area contributed by atoms with E-state index in [-0.39, 0.29) is 11.6 Å². The number of imidazole rings is 1. The fourth-order valence-electron chi connectivity index (χ4n) is 3.69. The Morgan fingerprint density at radius 1 is 1.33 bits per heavy atom. The number of carbonyl (C=O) groups excluding carboxylic acids is 1. The minimum Gasteiger partial charge on any atom is -0.339 e. The van der Waals surface area contributed by atoms with Crippen molar-refractivity contribution in [3.05, 3.63) is 57.7 Å². The first-order valence-electron chi connectivity index (χ1n) is 9.42. The lowest BCUT2D eigenvalue weighted by Gasteiger charge is -2.32. The zero-order chi connectivity index (χ0) is 19.6. The molecule has 144 valence electrons. The number of nitro benzene ring substituents is 1. The maximum atomic E-state index is 12.7. The summed E-state index contributed by atoms with van der Waals surface area (Å²) in [5.74, 6) is 1.87. The highest BCUT2D eigenvalue weighted by atomic mass is 16.6. The van der Waals surface area contributed by atoms with Crippen molar-refractivity contribution in [2.75, 3.05) is 13.1 Å². The van der Waals surface area contributed by atoms with Gasteiger partial charge in [0.05, 0.1) is 4.92 Å². The van der Waals surface area contributed by atoms with E-state index < -0.39 is 4.92 Å². The van der Waals surface area contributed by atoms with E-state index in [4.69, 9.17) is 0 Å². The van der Waals surface area contributed by atoms with Crippen molar-refractivity contribution in [2.45, 2.75) is 46.1 Å². The summed E-state index contributed by atoms with van der Waals surface area (Å²) in [6.07, 6.45) is 5.72. The van der Waals surface area contributed by atoms with Crippen LogP contribution in [0.2, 0.25) is 0 Å². The van der Waals surface area contributed by atoms with Crippen molar-refractivity contribution in [1.82, 2.24) is 14.5 Å². The van der Waals surface area contributed by atoms with Crippen LogP contribution in [-0.4, -0.2) is 38.4 Å². The van der Waals surface area contributed by atoms with E-state index in [9.17, 15) is 14.9 Å². The van der Waals surface area contributed by atoms with Crippen LogP contribution >= 0.6 is 0 Å². The van der Waals surface area contributed by atoms with E-state index in [0.29, 0.717) is 36.1 Å². The number of aryl methyl sites for hydroxylation is 1. The van der Waals surface area contributed by atoms with Crippen molar-refractivity contribution in [3.8, 4) is 0 Å². The molecule has 1 aliphatic heterocycles. The Labute approximate surface area is 159 Å². The summed E-state index contributed by atoms with van der Waals surface area (Å²) in [6.45, 7) is 8.24. The average Bonchev–Trinajstić information content (AvgIpc) is 3.10. The maximum Gasteiger partial charge on any atom is 0.273 e. The van der Waals surface area contributed by atoms with Gasteiger partial charge in [0, 0.05) is 55.1 Å². The Balaban J connectivity index is 1.62. The molecule has 0 saturated carbocycles. The molecule has 27 heavy (non-hydrogen) atoms. The van der Waals surface area contributed by atoms with Crippen molar-refractivity contribution in [1.29, 1.82) is 0 Å². The second kappa shape index (κ2) is 7.90. The Morgan fingerprint density at radius 3 is 2.67 bits per heavy atom. The SMILES string of the molecule is Cc1ccc(C(=O)N2CCC(Cn3ccnc3C(C)C)CC2)cc1[N+](=O)[O-]. The lowest BCUT2D eigenvalue weighted by atomic mass is 9.95. The standard InChI is InChI=1S/C20H26N4O3/c1-14(2)19-21-8-11-23(19)13-16-6-9-22(10-7-16)20(25)17-5-4-15(3)18(12-17)24(26)27/h4-5,8,11-12,14,16H,6-7,9-10,13H2,1-3H3. The number of nitrogens with zero attached hydrogens (tertiary/aromatic N) is 4. The summed E-state index contributed by atoms with van der Waals surface area (Å²) >= 11 is 0. The van der Waals surface area contributed by atoms with Gasteiger partial charge in [-0.2, -0.15) is 0 Å². The number of amides is 1. The number of likely N-dealkylation sites (tertiary alicyclic amines) is 1. The van der Waals surface area contributed by atoms with Gasteiger partial charge in [-0.1, -0.05) is 19.9 Å². The molecule has 0 bridgehead atoms. The molecule has 1 aromatic carbocycles. The molecule has 2 heterocycles. The third-order valence-electron chi connectivity index (χ3n) is 5.27. The Kier molecular flexibility index (Phi) is 5.58. The van der Waals surface area contributed by atoms with Gasteiger partial charge in [-0.3, -0.25) is 14.9 Å². The van der Waals surface area contributed by atoms with Crippen LogP contribution < -0.4 is 0 Å². The van der Waals surface area contributed by atoms with Gasteiger partial charge >= 0.3 is 0 Å². The highest BCUT2D eigenvalue weighted by Gasteiger charge is 2.26. The number of hydrogen-bond donors (Lipinski definition) is 0. The summed E-state index contributed by atoms with van der Waals surface area (Å²) in [5, 5.41) is 11.1. The molecule has 7 nitrogen and oxygen atoms in total. The first kappa shape index (κ1) is 19.1. The molecular formula is C20H26N4O3. The van der Waals surface area contributed by atoms with Gasteiger partial charge < -0.3 is 9.47 Å². The molecule has 0 aliphatic carbocycles. The molecule has 1 amide bonds. The predicted molar refractivity (Wildman–Crippen MR) is 103 cm³/mol. The zero-order valence-corrected chi connectivity index (χ0v) is 16.1. The summed E-state index contributed by atoms with van der Waals surface area (Å²) in [4.78, 5) is 29.7. The smallest absolute Gasteiger partial charge is 0.273 e. The first-order valence-corrected chi connectivity index (χ1v) is 9.42. The summed E-state index contributed by atoms with van der Waals surface area (Å²) < 4.78 is 2.22. The minimum absolute atomic E-state index is 0.00272. The van der Waals surface area contributed by atoms with E-state index in [1.807, 2.05) is 17.3 Å². The van der Waals surface area contributed by atoms with Gasteiger partial charge in [-0.05, 0) is 31.7 Å². The van der Waals surface area contributed by atoms with Gasteiger partial charge in [0.25, 0.3) is 11.6 Å². The van der Waals surface area contributed by atoms with Gasteiger partial charge in [0.15, 0.2) is 0 Å². The monoisotopic (exact) mass is 370 g/mol. The lowest BCUT2D eigenvalue weighted by molar-refractivity contribution is -0.385. The summed E-state index contributed by atoms with van der Waals surface area (Å²) in [6, 6.07) is 4.71. The Morgan fingerprint density at radius 2 is 2.04 bits per heavy atom.